The highest BCUT2D eigenvalue weighted by Crippen LogP contribution is 2.27. The Hall–Kier alpha value is -2.43. The van der Waals surface area contributed by atoms with Crippen molar-refractivity contribution >= 4 is 17.3 Å². The van der Waals surface area contributed by atoms with E-state index in [0.717, 1.165) is 6.07 Å². The average molecular weight is 263 g/mol. The van der Waals surface area contributed by atoms with Crippen molar-refractivity contribution in [1.29, 1.82) is 0 Å². The fourth-order valence-electron chi connectivity index (χ4n) is 1.74. The van der Waals surface area contributed by atoms with Gasteiger partial charge in [0.05, 0.1) is 11.3 Å². The minimum absolute atomic E-state index is 0.131. The van der Waals surface area contributed by atoms with Gasteiger partial charge in [-0.15, -0.1) is 0 Å². The molecule has 2 aromatic carbocycles. The van der Waals surface area contributed by atoms with Crippen LogP contribution in [0.5, 0.6) is 0 Å². The first-order valence-electron chi connectivity index (χ1n) is 5.51. The third-order valence-corrected chi connectivity index (χ3v) is 2.75. The van der Waals surface area contributed by atoms with Gasteiger partial charge in [0.1, 0.15) is 11.6 Å². The van der Waals surface area contributed by atoms with Gasteiger partial charge in [-0.1, -0.05) is 6.07 Å². The summed E-state index contributed by atoms with van der Waals surface area (Å²) in [5, 5.41) is 8.76. The standard InChI is InChI=1S/C14H11F2NO2/c1-17(11-4-2-3-10(15)8-11)13-6-5-9(14(18)19)7-12(13)16/h2-8H,1H3,(H,18,19). The number of anilines is 2. The van der Waals surface area contributed by atoms with Gasteiger partial charge in [-0.2, -0.15) is 0 Å². The zero-order valence-electron chi connectivity index (χ0n) is 10.1. The molecule has 0 amide bonds. The quantitative estimate of drug-likeness (QED) is 0.922. The molecule has 0 aliphatic carbocycles. The van der Waals surface area contributed by atoms with Gasteiger partial charge in [0, 0.05) is 12.7 Å². The van der Waals surface area contributed by atoms with Crippen LogP contribution >= 0.6 is 0 Å². The average Bonchev–Trinajstić information content (AvgIpc) is 2.37. The first kappa shape index (κ1) is 13.0. The lowest BCUT2D eigenvalue weighted by Gasteiger charge is -2.20. The van der Waals surface area contributed by atoms with E-state index in [9.17, 15) is 13.6 Å². The SMILES string of the molecule is CN(c1cccc(F)c1)c1ccc(C(=O)O)cc1F. The first-order chi connectivity index (χ1) is 8.99. The number of carboxylic acids is 1. The number of benzene rings is 2. The molecule has 0 bridgehead atoms. The number of aromatic carboxylic acids is 1. The van der Waals surface area contributed by atoms with Crippen LogP contribution in [0.15, 0.2) is 42.5 Å². The maximum Gasteiger partial charge on any atom is 0.335 e. The van der Waals surface area contributed by atoms with E-state index >= 15 is 0 Å². The summed E-state index contributed by atoms with van der Waals surface area (Å²) in [6.07, 6.45) is 0. The predicted octanol–water partition coefficient (Wildman–Crippen LogP) is 3.43. The van der Waals surface area contributed by atoms with E-state index in [0.29, 0.717) is 5.69 Å². The third-order valence-electron chi connectivity index (χ3n) is 2.75. The van der Waals surface area contributed by atoms with Crippen LogP contribution in [0.4, 0.5) is 20.2 Å². The zero-order chi connectivity index (χ0) is 14.0. The molecule has 0 radical (unpaired) electrons. The highest BCUT2D eigenvalue weighted by Gasteiger charge is 2.13. The molecule has 5 heteroatoms. The Balaban J connectivity index is 2.39. The molecule has 2 rings (SSSR count). The van der Waals surface area contributed by atoms with Crippen LogP contribution in [-0.4, -0.2) is 18.1 Å². The number of halogens is 2. The van der Waals surface area contributed by atoms with E-state index < -0.39 is 17.6 Å². The van der Waals surface area contributed by atoms with Crippen molar-refractivity contribution in [2.75, 3.05) is 11.9 Å². The summed E-state index contributed by atoms with van der Waals surface area (Å²) in [5.41, 5.74) is 0.520. The van der Waals surface area contributed by atoms with Gasteiger partial charge in [-0.25, -0.2) is 13.6 Å². The number of hydrogen-bond acceptors (Lipinski definition) is 2. The van der Waals surface area contributed by atoms with Crippen molar-refractivity contribution in [3.05, 3.63) is 59.7 Å². The van der Waals surface area contributed by atoms with Gasteiger partial charge in [0.2, 0.25) is 0 Å². The van der Waals surface area contributed by atoms with E-state index in [2.05, 4.69) is 0 Å². The molecule has 0 aliphatic heterocycles. The van der Waals surface area contributed by atoms with Crippen molar-refractivity contribution in [3.63, 3.8) is 0 Å². The molecule has 19 heavy (non-hydrogen) atoms. The second-order valence-electron chi connectivity index (χ2n) is 4.01. The zero-order valence-corrected chi connectivity index (χ0v) is 10.1. The van der Waals surface area contributed by atoms with Crippen molar-refractivity contribution in [1.82, 2.24) is 0 Å². The summed E-state index contributed by atoms with van der Waals surface area (Å²) in [6, 6.07) is 9.30. The number of carboxylic acid groups (broad SMARTS) is 1. The van der Waals surface area contributed by atoms with Crippen LogP contribution < -0.4 is 4.90 Å². The molecule has 0 spiro atoms. The van der Waals surface area contributed by atoms with Gasteiger partial charge in [-0.05, 0) is 36.4 Å². The Bertz CT molecular complexity index is 629. The van der Waals surface area contributed by atoms with Gasteiger partial charge in [-0.3, -0.25) is 0 Å². The minimum atomic E-state index is -1.20. The second-order valence-corrected chi connectivity index (χ2v) is 4.01. The Morgan fingerprint density at radius 3 is 2.47 bits per heavy atom. The smallest absolute Gasteiger partial charge is 0.335 e. The van der Waals surface area contributed by atoms with Gasteiger partial charge in [0.25, 0.3) is 0 Å². The molecule has 1 N–H and O–H groups in total. The molecular formula is C14H11F2NO2. The van der Waals surface area contributed by atoms with Crippen LogP contribution in [0.1, 0.15) is 10.4 Å². The lowest BCUT2D eigenvalue weighted by Crippen LogP contribution is -2.12. The molecular weight excluding hydrogens is 252 g/mol. The maximum absolute atomic E-state index is 13.8. The molecule has 2 aromatic rings. The predicted molar refractivity (Wildman–Crippen MR) is 67.8 cm³/mol. The number of carbonyl (C=O) groups is 1. The molecule has 0 unspecified atom stereocenters. The highest BCUT2D eigenvalue weighted by atomic mass is 19.1. The summed E-state index contributed by atoms with van der Waals surface area (Å²) in [5.74, 6) is -2.29. The molecule has 98 valence electrons. The molecule has 0 atom stereocenters. The fourth-order valence-corrected chi connectivity index (χ4v) is 1.74. The summed E-state index contributed by atoms with van der Waals surface area (Å²) >= 11 is 0. The van der Waals surface area contributed by atoms with E-state index in [1.165, 1.54) is 35.2 Å². The number of nitrogens with zero attached hydrogens (tertiary/aromatic N) is 1. The Morgan fingerprint density at radius 1 is 1.16 bits per heavy atom. The fraction of sp³-hybridized carbons (Fsp3) is 0.0714. The molecule has 3 nitrogen and oxygen atoms in total. The van der Waals surface area contributed by atoms with Crippen LogP contribution in [0, 0.1) is 11.6 Å². The van der Waals surface area contributed by atoms with Crippen LogP contribution in [0.2, 0.25) is 0 Å². The van der Waals surface area contributed by atoms with Crippen molar-refractivity contribution in [2.45, 2.75) is 0 Å². The number of rotatable bonds is 3. The first-order valence-corrected chi connectivity index (χ1v) is 5.51. The van der Waals surface area contributed by atoms with E-state index in [-0.39, 0.29) is 11.3 Å². The van der Waals surface area contributed by atoms with Crippen molar-refractivity contribution < 1.29 is 18.7 Å². The molecule has 0 fully saturated rings. The Morgan fingerprint density at radius 2 is 1.89 bits per heavy atom. The summed E-state index contributed by atoms with van der Waals surface area (Å²) < 4.78 is 27.0. The van der Waals surface area contributed by atoms with E-state index in [1.54, 1.807) is 13.1 Å². The van der Waals surface area contributed by atoms with E-state index in [4.69, 9.17) is 5.11 Å². The third kappa shape index (κ3) is 2.70. The van der Waals surface area contributed by atoms with Crippen molar-refractivity contribution in [3.8, 4) is 0 Å². The molecule has 0 aromatic heterocycles. The van der Waals surface area contributed by atoms with Crippen molar-refractivity contribution in [2.24, 2.45) is 0 Å². The molecule has 0 heterocycles. The largest absolute Gasteiger partial charge is 0.478 e. The second kappa shape index (κ2) is 5.06. The highest BCUT2D eigenvalue weighted by molar-refractivity contribution is 5.88. The molecule has 0 saturated heterocycles. The number of hydrogen-bond donors (Lipinski definition) is 1. The maximum atomic E-state index is 13.8. The summed E-state index contributed by atoms with van der Waals surface area (Å²) in [6.45, 7) is 0. The lowest BCUT2D eigenvalue weighted by molar-refractivity contribution is 0.0696. The Labute approximate surface area is 108 Å². The Kier molecular flexibility index (Phi) is 3.46. The van der Waals surface area contributed by atoms with Crippen LogP contribution in [0.25, 0.3) is 0 Å². The summed E-state index contributed by atoms with van der Waals surface area (Å²) in [7, 11) is 1.58. The van der Waals surface area contributed by atoms with E-state index in [1.807, 2.05) is 0 Å². The minimum Gasteiger partial charge on any atom is -0.478 e. The molecule has 0 saturated carbocycles. The van der Waals surface area contributed by atoms with Crippen LogP contribution in [-0.2, 0) is 0 Å². The van der Waals surface area contributed by atoms with Gasteiger partial charge >= 0.3 is 5.97 Å². The normalized spacial score (nSPS) is 10.3. The molecule has 0 aliphatic rings. The van der Waals surface area contributed by atoms with Gasteiger partial charge in [0.15, 0.2) is 0 Å². The van der Waals surface area contributed by atoms with Crippen LogP contribution in [0.3, 0.4) is 0 Å². The monoisotopic (exact) mass is 263 g/mol. The topological polar surface area (TPSA) is 40.5 Å². The lowest BCUT2D eigenvalue weighted by atomic mass is 10.1. The van der Waals surface area contributed by atoms with Gasteiger partial charge < -0.3 is 10.0 Å². The summed E-state index contributed by atoms with van der Waals surface area (Å²) in [4.78, 5) is 12.2.